The van der Waals surface area contributed by atoms with E-state index in [0.717, 1.165) is 17.4 Å². The number of hydrogen-bond acceptors (Lipinski definition) is 3. The van der Waals surface area contributed by atoms with Crippen molar-refractivity contribution in [1.29, 1.82) is 0 Å². The van der Waals surface area contributed by atoms with Gasteiger partial charge in [-0.25, -0.2) is 0 Å². The molecular formula is C17H38NO3P. The van der Waals surface area contributed by atoms with E-state index in [-0.39, 0.29) is 5.48 Å². The number of unbranched alkanes of at least 4 members (excludes halogenated alkanes) is 9. The summed E-state index contributed by atoms with van der Waals surface area (Å²) in [5, 5.41) is 0. The highest BCUT2D eigenvalue weighted by Crippen LogP contribution is 2.13. The van der Waals surface area contributed by atoms with Gasteiger partial charge >= 0.3 is 8.03 Å². The summed E-state index contributed by atoms with van der Waals surface area (Å²) in [6, 6.07) is 0. The van der Waals surface area contributed by atoms with Crippen molar-refractivity contribution in [2.75, 3.05) is 33.3 Å². The van der Waals surface area contributed by atoms with Crippen LogP contribution in [0, 0.1) is 0 Å². The number of nitrogens with zero attached hydrogens (tertiary/aromatic N) is 1. The van der Waals surface area contributed by atoms with Gasteiger partial charge in [-0.15, -0.1) is 0 Å². The summed E-state index contributed by atoms with van der Waals surface area (Å²) in [6.45, 7) is 4.41. The molecule has 0 bridgehead atoms. The standard InChI is InChI=1S/C17H37NO2P.H2O/c1-4-5-6-7-8-9-10-11-12-13-15-18(2,3)16-14-17-21(19)20;/h4-17H2,1-3H3;1H2/q+1;/p-1. The van der Waals surface area contributed by atoms with E-state index in [1.54, 1.807) is 0 Å². The third-order valence-corrected chi connectivity index (χ3v) is 4.90. The highest BCUT2D eigenvalue weighted by Gasteiger charge is 2.15. The third kappa shape index (κ3) is 18.0. The first kappa shape index (κ1) is 24.2. The molecule has 0 aromatic heterocycles. The van der Waals surface area contributed by atoms with Crippen LogP contribution in [0.15, 0.2) is 0 Å². The van der Waals surface area contributed by atoms with Crippen molar-refractivity contribution >= 4 is 8.03 Å². The monoisotopic (exact) mass is 335 g/mol. The van der Waals surface area contributed by atoms with Gasteiger partial charge in [0.05, 0.1) is 27.2 Å². The molecule has 4 nitrogen and oxygen atoms in total. The molecule has 0 rings (SSSR count). The number of hydrogen-bond donors (Lipinski definition) is 0. The zero-order valence-electron chi connectivity index (χ0n) is 15.1. The predicted molar refractivity (Wildman–Crippen MR) is 92.7 cm³/mol. The summed E-state index contributed by atoms with van der Waals surface area (Å²) in [4.78, 5) is 10.6. The van der Waals surface area contributed by atoms with Crippen LogP contribution in [-0.2, 0) is 4.57 Å². The molecule has 0 spiro atoms. The van der Waals surface area contributed by atoms with E-state index >= 15 is 0 Å². The maximum Gasteiger partial charge on any atom is 0.308 e. The van der Waals surface area contributed by atoms with Crippen LogP contribution in [0.4, 0.5) is 0 Å². The molecule has 0 fully saturated rings. The smallest absolute Gasteiger partial charge is 0.308 e. The molecule has 1 atom stereocenters. The molecule has 0 saturated heterocycles. The fourth-order valence-electron chi connectivity index (χ4n) is 2.77. The highest BCUT2D eigenvalue weighted by molar-refractivity contribution is 7.36. The average Bonchev–Trinajstić information content (AvgIpc) is 2.40. The van der Waals surface area contributed by atoms with Crippen molar-refractivity contribution in [2.24, 2.45) is 0 Å². The molecular weight excluding hydrogens is 297 g/mol. The molecule has 0 amide bonds. The summed E-state index contributed by atoms with van der Waals surface area (Å²) >= 11 is 0. The molecule has 22 heavy (non-hydrogen) atoms. The summed E-state index contributed by atoms with van der Waals surface area (Å²) in [7, 11) is 2.24. The Kier molecular flexibility index (Phi) is 17.5. The van der Waals surface area contributed by atoms with E-state index in [9.17, 15) is 9.46 Å². The Bertz CT molecular complexity index is 260. The van der Waals surface area contributed by atoms with E-state index in [1.165, 1.54) is 70.8 Å². The van der Waals surface area contributed by atoms with Gasteiger partial charge in [-0.05, 0) is 12.8 Å². The van der Waals surface area contributed by atoms with Crippen LogP contribution >= 0.6 is 8.03 Å². The van der Waals surface area contributed by atoms with Crippen LogP contribution in [0.25, 0.3) is 0 Å². The molecule has 0 aromatic carbocycles. The molecule has 134 valence electrons. The molecule has 0 aliphatic carbocycles. The summed E-state index contributed by atoms with van der Waals surface area (Å²) in [5.41, 5.74) is 0. The quantitative estimate of drug-likeness (QED) is 0.254. The van der Waals surface area contributed by atoms with E-state index in [2.05, 4.69) is 21.0 Å². The average molecular weight is 335 g/mol. The molecule has 0 aliphatic rings. The van der Waals surface area contributed by atoms with Crippen molar-refractivity contribution in [2.45, 2.75) is 77.6 Å². The van der Waals surface area contributed by atoms with Gasteiger partial charge < -0.3 is 14.9 Å². The van der Waals surface area contributed by atoms with Crippen LogP contribution in [-0.4, -0.2) is 43.3 Å². The van der Waals surface area contributed by atoms with Gasteiger partial charge in [-0.3, -0.25) is 0 Å². The van der Waals surface area contributed by atoms with Crippen molar-refractivity contribution in [3.8, 4) is 0 Å². The van der Waals surface area contributed by atoms with Gasteiger partial charge in [-0.2, -0.15) is 0 Å². The zero-order valence-corrected chi connectivity index (χ0v) is 16.0. The van der Waals surface area contributed by atoms with Gasteiger partial charge in [0.25, 0.3) is 0 Å². The maximum absolute atomic E-state index is 10.6. The van der Waals surface area contributed by atoms with E-state index < -0.39 is 8.03 Å². The Morgan fingerprint density at radius 1 is 0.773 bits per heavy atom. The molecule has 0 heterocycles. The summed E-state index contributed by atoms with van der Waals surface area (Å²) in [5.74, 6) is 0. The summed E-state index contributed by atoms with van der Waals surface area (Å²) < 4.78 is 11.5. The first-order valence-corrected chi connectivity index (χ1v) is 10.3. The number of rotatable bonds is 15. The molecule has 1 N–H and O–H groups in total. The molecule has 1 unspecified atom stereocenters. The van der Waals surface area contributed by atoms with Crippen molar-refractivity contribution in [3.63, 3.8) is 0 Å². The van der Waals surface area contributed by atoms with E-state index in [4.69, 9.17) is 0 Å². The van der Waals surface area contributed by atoms with Crippen molar-refractivity contribution in [1.82, 2.24) is 0 Å². The Labute approximate surface area is 139 Å². The van der Waals surface area contributed by atoms with Crippen LogP contribution in [0.3, 0.4) is 0 Å². The Morgan fingerprint density at radius 3 is 1.64 bits per heavy atom. The van der Waals surface area contributed by atoms with Gasteiger partial charge in [0.15, 0.2) is 0 Å². The lowest BCUT2D eigenvalue weighted by Crippen LogP contribution is -2.41. The van der Waals surface area contributed by atoms with Gasteiger partial charge in [0, 0.05) is 6.42 Å². The molecule has 0 aromatic rings. The SMILES string of the molecule is CCCCCCCCCCCC[N+](C)(C)CCC[P+](=O)[O-].[OH-]. The minimum Gasteiger partial charge on any atom is -0.870 e. The minimum atomic E-state index is -2.19. The Morgan fingerprint density at radius 2 is 1.18 bits per heavy atom. The highest BCUT2D eigenvalue weighted by atomic mass is 31.1. The first-order valence-electron chi connectivity index (χ1n) is 8.92. The van der Waals surface area contributed by atoms with Gasteiger partial charge in [-0.1, -0.05) is 62.9 Å². The fourth-order valence-corrected chi connectivity index (χ4v) is 3.17. The van der Waals surface area contributed by atoms with E-state index in [1.807, 2.05) is 0 Å². The van der Waals surface area contributed by atoms with Crippen LogP contribution in [0.1, 0.15) is 77.6 Å². The van der Waals surface area contributed by atoms with E-state index in [0.29, 0.717) is 6.16 Å². The second-order valence-electron chi connectivity index (χ2n) is 6.97. The largest absolute Gasteiger partial charge is 0.870 e. The fraction of sp³-hybridized carbons (Fsp3) is 1.00. The normalized spacial score (nSPS) is 12.1. The van der Waals surface area contributed by atoms with Crippen molar-refractivity contribution < 1.29 is 19.4 Å². The lowest BCUT2D eigenvalue weighted by molar-refractivity contribution is -0.890. The lowest BCUT2D eigenvalue weighted by Gasteiger charge is -2.29. The first-order chi connectivity index (χ1) is 9.98. The summed E-state index contributed by atoms with van der Waals surface area (Å²) in [6.07, 6.45) is 14.9. The van der Waals surface area contributed by atoms with Crippen LogP contribution < -0.4 is 4.89 Å². The second-order valence-corrected chi connectivity index (χ2v) is 8.09. The van der Waals surface area contributed by atoms with Crippen LogP contribution in [0.5, 0.6) is 0 Å². The Balaban J connectivity index is 0. The molecule has 0 radical (unpaired) electrons. The zero-order chi connectivity index (χ0) is 16.0. The topological polar surface area (TPSA) is 70.1 Å². The Hall–Kier alpha value is -0.0200. The van der Waals surface area contributed by atoms with Crippen molar-refractivity contribution in [3.05, 3.63) is 0 Å². The third-order valence-electron chi connectivity index (χ3n) is 4.22. The van der Waals surface area contributed by atoms with Gasteiger partial charge in [0.2, 0.25) is 0 Å². The lowest BCUT2D eigenvalue weighted by atomic mass is 10.1. The maximum atomic E-state index is 10.6. The molecule has 0 aliphatic heterocycles. The minimum absolute atomic E-state index is 0. The van der Waals surface area contributed by atoms with Crippen LogP contribution in [0.2, 0.25) is 0 Å². The molecule has 5 heteroatoms. The van der Waals surface area contributed by atoms with Gasteiger partial charge in [0.1, 0.15) is 6.16 Å². The predicted octanol–water partition coefficient (Wildman–Crippen LogP) is 4.30. The number of quaternary nitrogens is 1. The molecule has 0 saturated carbocycles. The second kappa shape index (κ2) is 15.9.